The van der Waals surface area contributed by atoms with E-state index in [-0.39, 0.29) is 11.1 Å². The van der Waals surface area contributed by atoms with Gasteiger partial charge in [0.2, 0.25) is 5.43 Å². The Morgan fingerprint density at radius 1 is 1.67 bits per heavy atom. The summed E-state index contributed by atoms with van der Waals surface area (Å²) in [6.07, 6.45) is 1.37. The molecule has 1 heterocycles. The number of nitrogens with one attached hydrogen (secondary N) is 1. The van der Waals surface area contributed by atoms with Crippen molar-refractivity contribution in [3.8, 4) is 0 Å². The molecule has 0 unspecified atom stereocenters. The van der Waals surface area contributed by atoms with Crippen LogP contribution in [0.5, 0.6) is 0 Å². The Bertz CT molecular complexity index is 268. The highest BCUT2D eigenvalue weighted by molar-refractivity contribution is 6.29. The molecule has 3 nitrogen and oxygen atoms in total. The summed E-state index contributed by atoms with van der Waals surface area (Å²) in [5.74, 6) is 0. The maximum Gasteiger partial charge on any atom is 0.205 e. The number of hydrogen-bond acceptors (Lipinski definition) is 2. The van der Waals surface area contributed by atoms with Gasteiger partial charge in [0, 0.05) is 12.3 Å². The van der Waals surface area contributed by atoms with Crippen LogP contribution in [0.4, 0.5) is 5.69 Å². The number of halogens is 1. The highest BCUT2D eigenvalue weighted by Gasteiger charge is 1.91. The third kappa shape index (κ3) is 1.23. The number of pyridine rings is 1. The molecule has 48 valence electrons. The van der Waals surface area contributed by atoms with E-state index in [1.807, 2.05) is 0 Å². The summed E-state index contributed by atoms with van der Waals surface area (Å²) < 4.78 is 0. The van der Waals surface area contributed by atoms with Gasteiger partial charge in [0.25, 0.3) is 0 Å². The minimum Gasteiger partial charge on any atom is -0.394 e. The normalized spacial score (nSPS) is 9.44. The van der Waals surface area contributed by atoms with Crippen LogP contribution in [0.1, 0.15) is 0 Å². The molecule has 1 aromatic heterocycles. The maximum absolute atomic E-state index is 10.6. The van der Waals surface area contributed by atoms with Crippen LogP contribution in [-0.2, 0) is 0 Å². The van der Waals surface area contributed by atoms with E-state index in [1.54, 1.807) is 0 Å². The summed E-state index contributed by atoms with van der Waals surface area (Å²) in [5.41, 5.74) is 5.12. The lowest BCUT2D eigenvalue weighted by atomic mass is 10.4. The molecule has 0 bridgehead atoms. The largest absolute Gasteiger partial charge is 0.394 e. The average Bonchev–Trinajstić information content (AvgIpc) is 1.80. The topological polar surface area (TPSA) is 58.9 Å². The van der Waals surface area contributed by atoms with Gasteiger partial charge < -0.3 is 10.7 Å². The lowest BCUT2D eigenvalue weighted by molar-refractivity contribution is 1.31. The van der Waals surface area contributed by atoms with Gasteiger partial charge in [-0.2, -0.15) is 0 Å². The first kappa shape index (κ1) is 6.16. The first-order valence-corrected chi connectivity index (χ1v) is 2.71. The number of hydrogen-bond donors (Lipinski definition) is 2. The van der Waals surface area contributed by atoms with Crippen molar-refractivity contribution in [2.24, 2.45) is 0 Å². The van der Waals surface area contributed by atoms with Gasteiger partial charge in [-0.3, -0.25) is 4.79 Å². The minimum absolute atomic E-state index is 0.180. The Balaban J connectivity index is 3.34. The van der Waals surface area contributed by atoms with Gasteiger partial charge in [0.15, 0.2) is 0 Å². The van der Waals surface area contributed by atoms with Crippen molar-refractivity contribution in [2.75, 3.05) is 5.73 Å². The lowest BCUT2D eigenvalue weighted by Crippen LogP contribution is -2.06. The quantitative estimate of drug-likeness (QED) is 0.524. The van der Waals surface area contributed by atoms with E-state index in [2.05, 4.69) is 4.98 Å². The Hall–Kier alpha value is -0.960. The Morgan fingerprint density at radius 2 is 2.33 bits per heavy atom. The van der Waals surface area contributed by atoms with Crippen molar-refractivity contribution in [3.63, 3.8) is 0 Å². The van der Waals surface area contributed by atoms with Crippen molar-refractivity contribution in [1.29, 1.82) is 0 Å². The van der Waals surface area contributed by atoms with E-state index < -0.39 is 0 Å². The zero-order chi connectivity index (χ0) is 6.85. The van der Waals surface area contributed by atoms with E-state index >= 15 is 0 Å². The van der Waals surface area contributed by atoms with Crippen molar-refractivity contribution in [3.05, 3.63) is 27.6 Å². The van der Waals surface area contributed by atoms with Crippen LogP contribution in [0.25, 0.3) is 0 Å². The Labute approximate surface area is 56.5 Å². The zero-order valence-electron chi connectivity index (χ0n) is 4.52. The van der Waals surface area contributed by atoms with Gasteiger partial charge in [-0.05, 0) is 0 Å². The number of rotatable bonds is 0. The molecule has 0 saturated heterocycles. The third-order valence-corrected chi connectivity index (χ3v) is 1.13. The van der Waals surface area contributed by atoms with Crippen LogP contribution >= 0.6 is 11.6 Å². The van der Waals surface area contributed by atoms with Crippen molar-refractivity contribution < 1.29 is 0 Å². The number of H-pyrrole nitrogens is 1. The van der Waals surface area contributed by atoms with Crippen LogP contribution < -0.4 is 11.2 Å². The molecule has 0 aliphatic heterocycles. The molecule has 0 aliphatic carbocycles. The summed E-state index contributed by atoms with van der Waals surface area (Å²) in [4.78, 5) is 13.2. The standard InChI is InChI=1S/C5H5ClN2O/c6-5-1-4(9)3(7)2-8-5/h1-2H,7H2,(H,8,9). The molecule has 0 spiro atoms. The third-order valence-electron chi connectivity index (χ3n) is 0.908. The summed E-state index contributed by atoms with van der Waals surface area (Å²) in [7, 11) is 0. The fourth-order valence-electron chi connectivity index (χ4n) is 0.458. The predicted molar refractivity (Wildman–Crippen MR) is 36.5 cm³/mol. The second kappa shape index (κ2) is 2.11. The Kier molecular flexibility index (Phi) is 1.44. The molecule has 1 aromatic rings. The summed E-state index contributed by atoms with van der Waals surface area (Å²) in [5, 5.41) is 0.300. The fraction of sp³-hybridized carbons (Fsp3) is 0. The highest BCUT2D eigenvalue weighted by Crippen LogP contribution is 1.99. The molecule has 0 aromatic carbocycles. The van der Waals surface area contributed by atoms with Gasteiger partial charge in [-0.15, -0.1) is 0 Å². The number of nitrogens with two attached hydrogens (primary N) is 1. The SMILES string of the molecule is Nc1c[nH]c(Cl)cc1=O. The van der Waals surface area contributed by atoms with Crippen LogP contribution in [0, 0.1) is 0 Å². The first-order valence-electron chi connectivity index (χ1n) is 2.34. The lowest BCUT2D eigenvalue weighted by Gasteiger charge is -1.89. The smallest absolute Gasteiger partial charge is 0.205 e. The van der Waals surface area contributed by atoms with E-state index in [0.717, 1.165) is 0 Å². The van der Waals surface area contributed by atoms with Gasteiger partial charge >= 0.3 is 0 Å². The molecule has 0 radical (unpaired) electrons. The molecule has 0 aliphatic rings. The van der Waals surface area contributed by atoms with E-state index in [9.17, 15) is 4.79 Å². The fourth-order valence-corrected chi connectivity index (χ4v) is 0.612. The monoisotopic (exact) mass is 144 g/mol. The van der Waals surface area contributed by atoms with Gasteiger partial charge in [-0.25, -0.2) is 0 Å². The number of nitrogen functional groups attached to an aromatic ring is 1. The summed E-state index contributed by atoms with van der Waals surface area (Å²) in [6.45, 7) is 0. The second-order valence-electron chi connectivity index (χ2n) is 1.60. The summed E-state index contributed by atoms with van der Waals surface area (Å²) >= 11 is 5.41. The Morgan fingerprint density at radius 3 is 2.78 bits per heavy atom. The van der Waals surface area contributed by atoms with Gasteiger partial charge in [-0.1, -0.05) is 11.6 Å². The predicted octanol–water partition coefficient (Wildman–Crippen LogP) is 0.611. The second-order valence-corrected chi connectivity index (χ2v) is 2.01. The summed E-state index contributed by atoms with van der Waals surface area (Å²) in [6, 6.07) is 1.23. The van der Waals surface area contributed by atoms with E-state index in [1.165, 1.54) is 12.3 Å². The highest BCUT2D eigenvalue weighted by atomic mass is 35.5. The van der Waals surface area contributed by atoms with Crippen LogP contribution in [0.3, 0.4) is 0 Å². The van der Waals surface area contributed by atoms with Gasteiger partial charge in [0.1, 0.15) is 5.15 Å². The molecule has 0 atom stereocenters. The molecule has 0 saturated carbocycles. The number of anilines is 1. The minimum atomic E-state index is -0.251. The van der Waals surface area contributed by atoms with Crippen molar-refractivity contribution >= 4 is 17.3 Å². The molecular weight excluding hydrogens is 140 g/mol. The number of aromatic amines is 1. The van der Waals surface area contributed by atoms with Crippen molar-refractivity contribution in [1.82, 2.24) is 4.98 Å². The van der Waals surface area contributed by atoms with Crippen molar-refractivity contribution in [2.45, 2.75) is 0 Å². The van der Waals surface area contributed by atoms with E-state index in [4.69, 9.17) is 17.3 Å². The molecule has 3 N–H and O–H groups in total. The first-order chi connectivity index (χ1) is 4.20. The molecule has 0 fully saturated rings. The van der Waals surface area contributed by atoms with Crippen LogP contribution in [0.15, 0.2) is 17.1 Å². The molecule has 0 amide bonds. The molecule has 1 rings (SSSR count). The average molecular weight is 145 g/mol. The molecular formula is C5H5ClN2O. The van der Waals surface area contributed by atoms with Gasteiger partial charge in [0.05, 0.1) is 5.69 Å². The maximum atomic E-state index is 10.6. The van der Waals surface area contributed by atoms with E-state index in [0.29, 0.717) is 5.15 Å². The van der Waals surface area contributed by atoms with Crippen LogP contribution in [-0.4, -0.2) is 4.98 Å². The van der Waals surface area contributed by atoms with Crippen LogP contribution in [0.2, 0.25) is 5.15 Å². The zero-order valence-corrected chi connectivity index (χ0v) is 5.27. The molecule has 4 heteroatoms. The number of aromatic nitrogens is 1. The molecule has 9 heavy (non-hydrogen) atoms.